The van der Waals surface area contributed by atoms with Crippen molar-refractivity contribution >= 4 is 6.29 Å². The van der Waals surface area contributed by atoms with Crippen LogP contribution in [0.4, 0.5) is 4.39 Å². The molecule has 1 aromatic heterocycles. The molecule has 0 aliphatic heterocycles. The number of nitrogens with zero attached hydrogens (tertiary/aromatic N) is 2. The van der Waals surface area contributed by atoms with Crippen LogP contribution in [0.1, 0.15) is 22.1 Å². The molecular weight excluding hydrogens is 219 g/mol. The van der Waals surface area contributed by atoms with Crippen molar-refractivity contribution in [3.63, 3.8) is 0 Å². The lowest BCUT2D eigenvalue weighted by atomic mass is 10.1. The third-order valence-corrected chi connectivity index (χ3v) is 2.55. The van der Waals surface area contributed by atoms with E-state index in [0.717, 1.165) is 11.8 Å². The highest BCUT2D eigenvalue weighted by atomic mass is 19.1. The standard InChI is InChI=1S/C13H11FN2O/c1-2-13(10-3-5-11(14)6-4-10)16-9-15-7-12(16)8-17/h2-9,13H,1H2/t13-/m1/s1. The molecule has 0 N–H and O–H groups in total. The molecule has 0 aliphatic rings. The Balaban J connectivity index is 2.43. The second-order valence-corrected chi connectivity index (χ2v) is 3.58. The molecule has 0 aliphatic carbocycles. The maximum Gasteiger partial charge on any atom is 0.168 e. The molecule has 0 amide bonds. The highest BCUT2D eigenvalue weighted by Gasteiger charge is 2.12. The number of halogens is 1. The number of hydrogen-bond acceptors (Lipinski definition) is 2. The second kappa shape index (κ2) is 4.74. The molecule has 2 aromatic rings. The summed E-state index contributed by atoms with van der Waals surface area (Å²) in [5.41, 5.74) is 1.31. The van der Waals surface area contributed by atoms with Crippen LogP contribution >= 0.6 is 0 Å². The minimum absolute atomic E-state index is 0.224. The first-order chi connectivity index (χ1) is 8.26. The maximum atomic E-state index is 12.8. The summed E-state index contributed by atoms with van der Waals surface area (Å²) in [7, 11) is 0. The molecule has 3 nitrogen and oxygen atoms in total. The molecule has 0 saturated carbocycles. The summed E-state index contributed by atoms with van der Waals surface area (Å²) in [4.78, 5) is 14.8. The van der Waals surface area contributed by atoms with Crippen molar-refractivity contribution in [3.8, 4) is 0 Å². The van der Waals surface area contributed by atoms with Crippen molar-refractivity contribution in [2.45, 2.75) is 6.04 Å². The lowest BCUT2D eigenvalue weighted by Crippen LogP contribution is -2.09. The number of aldehydes is 1. The van der Waals surface area contributed by atoms with Crippen LogP contribution in [-0.2, 0) is 0 Å². The Kier molecular flexibility index (Phi) is 3.14. The van der Waals surface area contributed by atoms with Crippen molar-refractivity contribution in [2.75, 3.05) is 0 Å². The summed E-state index contributed by atoms with van der Waals surface area (Å²) in [6.07, 6.45) is 5.45. The highest BCUT2D eigenvalue weighted by Crippen LogP contribution is 2.20. The van der Waals surface area contributed by atoms with Gasteiger partial charge < -0.3 is 4.57 Å². The van der Waals surface area contributed by atoms with Gasteiger partial charge in [-0.25, -0.2) is 9.37 Å². The minimum atomic E-state index is -0.294. The summed E-state index contributed by atoms with van der Waals surface area (Å²) >= 11 is 0. The van der Waals surface area contributed by atoms with Crippen LogP contribution in [-0.4, -0.2) is 15.8 Å². The zero-order chi connectivity index (χ0) is 12.3. The van der Waals surface area contributed by atoms with Crippen molar-refractivity contribution in [1.29, 1.82) is 0 Å². The third-order valence-electron chi connectivity index (χ3n) is 2.55. The average molecular weight is 230 g/mol. The van der Waals surface area contributed by atoms with Crippen LogP contribution in [0.25, 0.3) is 0 Å². The van der Waals surface area contributed by atoms with Gasteiger partial charge in [-0.05, 0) is 17.7 Å². The SMILES string of the molecule is C=C[C@H](c1ccc(F)cc1)n1cncc1C=O. The zero-order valence-corrected chi connectivity index (χ0v) is 9.08. The van der Waals surface area contributed by atoms with Crippen molar-refractivity contribution in [2.24, 2.45) is 0 Å². The lowest BCUT2D eigenvalue weighted by molar-refractivity contribution is 0.111. The van der Waals surface area contributed by atoms with Gasteiger partial charge >= 0.3 is 0 Å². The number of aromatic nitrogens is 2. The summed E-state index contributed by atoms with van der Waals surface area (Å²) in [6.45, 7) is 3.73. The fourth-order valence-electron chi connectivity index (χ4n) is 1.71. The van der Waals surface area contributed by atoms with Gasteiger partial charge in [-0.2, -0.15) is 0 Å². The van der Waals surface area contributed by atoms with Crippen LogP contribution < -0.4 is 0 Å². The Morgan fingerprint density at radius 1 is 1.35 bits per heavy atom. The molecule has 0 bridgehead atoms. The molecule has 4 heteroatoms. The Hall–Kier alpha value is -2.23. The average Bonchev–Trinajstić information content (AvgIpc) is 2.81. The van der Waals surface area contributed by atoms with Crippen LogP contribution in [0.2, 0.25) is 0 Å². The quantitative estimate of drug-likeness (QED) is 0.597. The van der Waals surface area contributed by atoms with Crippen molar-refractivity contribution in [1.82, 2.24) is 9.55 Å². The van der Waals surface area contributed by atoms with Gasteiger partial charge in [0, 0.05) is 0 Å². The molecule has 1 atom stereocenters. The molecule has 86 valence electrons. The van der Waals surface area contributed by atoms with Gasteiger partial charge in [-0.1, -0.05) is 18.2 Å². The Morgan fingerprint density at radius 3 is 2.65 bits per heavy atom. The Morgan fingerprint density at radius 2 is 2.06 bits per heavy atom. The molecule has 2 rings (SSSR count). The van der Waals surface area contributed by atoms with E-state index >= 15 is 0 Å². The monoisotopic (exact) mass is 230 g/mol. The summed E-state index contributed by atoms with van der Waals surface area (Å²) in [5, 5.41) is 0. The summed E-state index contributed by atoms with van der Waals surface area (Å²) in [6, 6.07) is 5.86. The fraction of sp³-hybridized carbons (Fsp3) is 0.0769. The maximum absolute atomic E-state index is 12.8. The van der Waals surface area contributed by atoms with Gasteiger partial charge in [0.2, 0.25) is 0 Å². The van der Waals surface area contributed by atoms with Crippen molar-refractivity contribution in [3.05, 3.63) is 66.5 Å². The summed E-state index contributed by atoms with van der Waals surface area (Å²) < 4.78 is 14.5. The van der Waals surface area contributed by atoms with Gasteiger partial charge in [0.1, 0.15) is 11.5 Å². The van der Waals surface area contributed by atoms with E-state index in [1.165, 1.54) is 18.3 Å². The molecule has 0 unspecified atom stereocenters. The largest absolute Gasteiger partial charge is 0.317 e. The molecule has 17 heavy (non-hydrogen) atoms. The van der Waals surface area contributed by atoms with E-state index in [4.69, 9.17) is 0 Å². The lowest BCUT2D eigenvalue weighted by Gasteiger charge is -2.15. The first kappa shape index (κ1) is 11.3. The van der Waals surface area contributed by atoms with Crippen LogP contribution in [0.5, 0.6) is 0 Å². The van der Waals surface area contributed by atoms with E-state index in [2.05, 4.69) is 11.6 Å². The number of hydrogen-bond donors (Lipinski definition) is 0. The first-order valence-corrected chi connectivity index (χ1v) is 5.11. The van der Waals surface area contributed by atoms with Gasteiger partial charge in [-0.3, -0.25) is 4.79 Å². The zero-order valence-electron chi connectivity index (χ0n) is 9.08. The Labute approximate surface area is 98.2 Å². The van der Waals surface area contributed by atoms with E-state index in [1.54, 1.807) is 29.1 Å². The van der Waals surface area contributed by atoms with Gasteiger partial charge in [0.25, 0.3) is 0 Å². The number of carbonyl (C=O) groups is 1. The number of imidazole rings is 1. The number of rotatable bonds is 4. The smallest absolute Gasteiger partial charge is 0.168 e. The minimum Gasteiger partial charge on any atom is -0.317 e. The molecule has 1 aromatic carbocycles. The predicted molar refractivity (Wildman–Crippen MR) is 62.4 cm³/mol. The van der Waals surface area contributed by atoms with Gasteiger partial charge in [0.15, 0.2) is 6.29 Å². The van der Waals surface area contributed by atoms with Crippen molar-refractivity contribution < 1.29 is 9.18 Å². The van der Waals surface area contributed by atoms with Crippen LogP contribution in [0.3, 0.4) is 0 Å². The predicted octanol–water partition coefficient (Wildman–Crippen LogP) is 2.61. The van der Waals surface area contributed by atoms with E-state index in [1.807, 2.05) is 0 Å². The fourth-order valence-corrected chi connectivity index (χ4v) is 1.71. The van der Waals surface area contributed by atoms with Gasteiger partial charge in [-0.15, -0.1) is 6.58 Å². The number of benzene rings is 1. The normalized spacial score (nSPS) is 12.1. The highest BCUT2D eigenvalue weighted by molar-refractivity contribution is 5.71. The molecule has 0 saturated heterocycles. The molecule has 0 radical (unpaired) electrons. The topological polar surface area (TPSA) is 34.9 Å². The third kappa shape index (κ3) is 2.15. The molecule has 0 spiro atoms. The van der Waals surface area contributed by atoms with Crippen LogP contribution in [0, 0.1) is 5.82 Å². The van der Waals surface area contributed by atoms with E-state index in [9.17, 15) is 9.18 Å². The molecular formula is C13H11FN2O. The van der Waals surface area contributed by atoms with E-state index in [0.29, 0.717) is 5.69 Å². The second-order valence-electron chi connectivity index (χ2n) is 3.58. The first-order valence-electron chi connectivity index (χ1n) is 5.11. The Bertz CT molecular complexity index is 531. The number of carbonyl (C=O) groups excluding carboxylic acids is 1. The summed E-state index contributed by atoms with van der Waals surface area (Å²) in [5.74, 6) is -0.294. The van der Waals surface area contributed by atoms with E-state index in [-0.39, 0.29) is 11.9 Å². The number of allylic oxidation sites excluding steroid dienone is 1. The molecule has 0 fully saturated rings. The molecule has 1 heterocycles. The van der Waals surface area contributed by atoms with Gasteiger partial charge in [0.05, 0.1) is 18.6 Å². The van der Waals surface area contributed by atoms with E-state index < -0.39 is 0 Å². The van der Waals surface area contributed by atoms with Crippen LogP contribution in [0.15, 0.2) is 49.4 Å².